The molecule has 7 heteroatoms. The fourth-order valence-electron chi connectivity index (χ4n) is 3.13. The molecule has 0 aliphatic carbocycles. The Kier molecular flexibility index (Phi) is 3.98. The minimum absolute atomic E-state index is 0.0550. The number of carbonyl (C=O) groups excluding carboxylic acids is 1. The fraction of sp³-hybridized carbons (Fsp3) is 0.412. The number of H-pyrrole nitrogens is 1. The third-order valence-corrected chi connectivity index (χ3v) is 4.42. The first-order chi connectivity index (χ1) is 11.8. The lowest BCUT2D eigenvalue weighted by Crippen LogP contribution is -2.40. The summed E-state index contributed by atoms with van der Waals surface area (Å²) < 4.78 is 0. The number of para-hydroxylation sites is 1. The highest BCUT2D eigenvalue weighted by atomic mass is 16.2. The van der Waals surface area contributed by atoms with Gasteiger partial charge in [-0.3, -0.25) is 14.9 Å². The van der Waals surface area contributed by atoms with Crippen LogP contribution in [0.15, 0.2) is 34.3 Å². The zero-order valence-electron chi connectivity index (χ0n) is 13.5. The molecule has 0 spiro atoms. The van der Waals surface area contributed by atoms with E-state index in [0.29, 0.717) is 18.8 Å². The topological polar surface area (TPSA) is 85.7 Å². The van der Waals surface area contributed by atoms with Gasteiger partial charge in [0.25, 0.3) is 5.91 Å². The summed E-state index contributed by atoms with van der Waals surface area (Å²) >= 11 is 0. The lowest BCUT2D eigenvalue weighted by atomic mass is 10.1. The largest absolute Gasteiger partial charge is 0.336 e. The summed E-state index contributed by atoms with van der Waals surface area (Å²) in [5.41, 5.74) is 0.967. The smallest absolute Gasteiger partial charge is 0.291 e. The summed E-state index contributed by atoms with van der Waals surface area (Å²) in [7, 11) is 0. The molecule has 0 atom stereocenters. The Morgan fingerprint density at radius 3 is 2.88 bits per heavy atom. The normalized spacial score (nSPS) is 18.2. The Bertz CT molecular complexity index is 815. The van der Waals surface area contributed by atoms with Crippen LogP contribution in [-0.4, -0.2) is 52.3 Å². The number of carbonyl (C=O) groups is 1. The van der Waals surface area contributed by atoms with E-state index in [4.69, 9.17) is 0 Å². The Hall–Kier alpha value is -2.70. The van der Waals surface area contributed by atoms with Crippen molar-refractivity contribution in [2.24, 2.45) is 9.98 Å². The van der Waals surface area contributed by atoms with E-state index in [9.17, 15) is 4.79 Å². The van der Waals surface area contributed by atoms with Gasteiger partial charge in [0.05, 0.1) is 5.52 Å². The molecule has 0 unspecified atom stereocenters. The molecule has 2 aromatic rings. The molecule has 1 aromatic carbocycles. The average Bonchev–Trinajstić information content (AvgIpc) is 3.05. The van der Waals surface area contributed by atoms with Crippen molar-refractivity contribution in [2.45, 2.75) is 25.7 Å². The van der Waals surface area contributed by atoms with Gasteiger partial charge in [0.2, 0.25) is 5.84 Å². The highest BCUT2D eigenvalue weighted by Gasteiger charge is 2.23. The summed E-state index contributed by atoms with van der Waals surface area (Å²) in [5, 5.41) is 11.5. The third kappa shape index (κ3) is 2.89. The van der Waals surface area contributed by atoms with E-state index in [2.05, 4.69) is 25.5 Å². The molecule has 2 N–H and O–H groups in total. The molecular weight excluding hydrogens is 304 g/mol. The van der Waals surface area contributed by atoms with E-state index in [1.165, 1.54) is 6.42 Å². The molecule has 7 nitrogen and oxygen atoms in total. The van der Waals surface area contributed by atoms with Gasteiger partial charge in [-0.25, -0.2) is 4.99 Å². The first-order valence-corrected chi connectivity index (χ1v) is 8.43. The number of anilines is 1. The summed E-state index contributed by atoms with van der Waals surface area (Å²) in [6.45, 7) is 2.18. The van der Waals surface area contributed by atoms with Crippen molar-refractivity contribution in [2.75, 3.05) is 25.0 Å². The van der Waals surface area contributed by atoms with Crippen LogP contribution in [0.3, 0.4) is 0 Å². The molecule has 2 aliphatic heterocycles. The number of amidine groups is 2. The summed E-state index contributed by atoms with van der Waals surface area (Å²) in [6, 6.07) is 7.91. The van der Waals surface area contributed by atoms with Crippen LogP contribution in [0.1, 0.15) is 25.7 Å². The maximum atomic E-state index is 12.6. The number of aromatic nitrogens is 2. The van der Waals surface area contributed by atoms with Gasteiger partial charge in [-0.2, -0.15) is 5.10 Å². The predicted molar refractivity (Wildman–Crippen MR) is 94.5 cm³/mol. The van der Waals surface area contributed by atoms with Crippen LogP contribution < -0.4 is 5.32 Å². The van der Waals surface area contributed by atoms with Crippen molar-refractivity contribution >= 4 is 34.3 Å². The quantitative estimate of drug-likeness (QED) is 0.888. The second-order valence-corrected chi connectivity index (χ2v) is 6.11. The van der Waals surface area contributed by atoms with E-state index < -0.39 is 0 Å². The number of amides is 1. The molecule has 1 fully saturated rings. The Balaban J connectivity index is 1.52. The van der Waals surface area contributed by atoms with Crippen LogP contribution in [-0.2, 0) is 4.79 Å². The van der Waals surface area contributed by atoms with Gasteiger partial charge in [-0.1, -0.05) is 12.1 Å². The molecule has 0 saturated carbocycles. The Labute approximate surface area is 139 Å². The minimum Gasteiger partial charge on any atom is -0.336 e. The third-order valence-electron chi connectivity index (χ3n) is 4.42. The molecule has 4 rings (SSSR count). The van der Waals surface area contributed by atoms with Crippen molar-refractivity contribution < 1.29 is 4.79 Å². The number of nitrogens with zero attached hydrogens (tertiary/aromatic N) is 4. The molecule has 0 bridgehead atoms. The van der Waals surface area contributed by atoms with Gasteiger partial charge in [-0.05, 0) is 31.4 Å². The van der Waals surface area contributed by atoms with E-state index in [0.717, 1.165) is 48.5 Å². The van der Waals surface area contributed by atoms with Crippen molar-refractivity contribution in [1.29, 1.82) is 0 Å². The van der Waals surface area contributed by atoms with Crippen molar-refractivity contribution in [1.82, 2.24) is 15.1 Å². The van der Waals surface area contributed by atoms with Crippen molar-refractivity contribution in [3.8, 4) is 0 Å². The highest BCUT2D eigenvalue weighted by molar-refractivity contribution is 6.40. The second kappa shape index (κ2) is 6.43. The first-order valence-electron chi connectivity index (χ1n) is 8.43. The monoisotopic (exact) mass is 324 g/mol. The number of likely N-dealkylation sites (tertiary alicyclic amines) is 1. The molecule has 1 aromatic heterocycles. The number of rotatable bonds is 2. The van der Waals surface area contributed by atoms with Crippen molar-refractivity contribution in [3.63, 3.8) is 0 Å². The predicted octanol–water partition coefficient (Wildman–Crippen LogP) is 2.19. The van der Waals surface area contributed by atoms with Crippen LogP contribution in [0.5, 0.6) is 0 Å². The number of hydrogen-bond donors (Lipinski definition) is 2. The molecule has 1 saturated heterocycles. The van der Waals surface area contributed by atoms with Gasteiger partial charge in [0.1, 0.15) is 5.84 Å². The average molecular weight is 324 g/mol. The number of benzene rings is 1. The van der Waals surface area contributed by atoms with Crippen LogP contribution in [0, 0.1) is 0 Å². The van der Waals surface area contributed by atoms with Gasteiger partial charge >= 0.3 is 0 Å². The summed E-state index contributed by atoms with van der Waals surface area (Å²) in [6.07, 6.45) is 4.00. The molecule has 2 aliphatic rings. The zero-order chi connectivity index (χ0) is 16.4. The second-order valence-electron chi connectivity index (χ2n) is 6.11. The highest BCUT2D eigenvalue weighted by Crippen LogP contribution is 2.20. The summed E-state index contributed by atoms with van der Waals surface area (Å²) in [4.78, 5) is 23.2. The number of nitrogens with one attached hydrogen (secondary N) is 2. The van der Waals surface area contributed by atoms with Crippen LogP contribution in [0.2, 0.25) is 0 Å². The molecule has 1 amide bonds. The van der Waals surface area contributed by atoms with Crippen LogP contribution in [0.25, 0.3) is 10.9 Å². The van der Waals surface area contributed by atoms with Crippen molar-refractivity contribution in [3.05, 3.63) is 24.3 Å². The number of aromatic amines is 1. The molecule has 124 valence electrons. The standard InChI is InChI=1S/C17H20N6O/c24-17(23-10-4-1-5-11-23)16-18-9-8-14(20-16)19-15-12-6-2-3-7-13(12)21-22-15/h2-3,6-7H,1,4-5,8-11H2,(H2,18,19,20,21,22). The SMILES string of the molecule is O=C(C1=NCCC(Nc2n[nH]c3ccccc23)=N1)N1CCCCC1. The Morgan fingerprint density at radius 2 is 2.00 bits per heavy atom. The maximum Gasteiger partial charge on any atom is 0.291 e. The minimum atomic E-state index is -0.0550. The molecule has 24 heavy (non-hydrogen) atoms. The maximum absolute atomic E-state index is 12.6. The lowest BCUT2D eigenvalue weighted by Gasteiger charge is -2.27. The first kappa shape index (κ1) is 14.9. The summed E-state index contributed by atoms with van der Waals surface area (Å²) in [5.74, 6) is 1.73. The fourth-order valence-corrected chi connectivity index (χ4v) is 3.13. The van der Waals surface area contributed by atoms with Crippen LogP contribution >= 0.6 is 0 Å². The molecule has 0 radical (unpaired) electrons. The van der Waals surface area contributed by atoms with Gasteiger partial charge in [0.15, 0.2) is 5.82 Å². The Morgan fingerprint density at radius 1 is 1.17 bits per heavy atom. The number of piperidine rings is 1. The van der Waals surface area contributed by atoms with Gasteiger partial charge < -0.3 is 10.2 Å². The van der Waals surface area contributed by atoms with Gasteiger partial charge in [0, 0.05) is 31.4 Å². The zero-order valence-corrected chi connectivity index (χ0v) is 13.5. The lowest BCUT2D eigenvalue weighted by molar-refractivity contribution is -0.125. The number of fused-ring (bicyclic) bond motifs is 1. The van der Waals surface area contributed by atoms with E-state index >= 15 is 0 Å². The van der Waals surface area contributed by atoms with E-state index in [-0.39, 0.29) is 5.91 Å². The van der Waals surface area contributed by atoms with Crippen LogP contribution in [0.4, 0.5) is 5.82 Å². The number of aliphatic imine (C=N–C) groups is 2. The van der Waals surface area contributed by atoms with E-state index in [1.807, 2.05) is 29.2 Å². The van der Waals surface area contributed by atoms with Gasteiger partial charge in [-0.15, -0.1) is 0 Å². The molecular formula is C17H20N6O. The van der Waals surface area contributed by atoms with E-state index in [1.54, 1.807) is 0 Å². The molecule has 3 heterocycles. The number of hydrogen-bond acceptors (Lipinski definition) is 5.